The van der Waals surface area contributed by atoms with Gasteiger partial charge in [-0.15, -0.1) is 0 Å². The Balaban J connectivity index is 2.20. The number of hydrogen-bond acceptors (Lipinski definition) is 6. The van der Waals surface area contributed by atoms with Gasteiger partial charge in [0.15, 0.2) is 6.23 Å². The number of nitrogens with zero attached hydrogens (tertiary/aromatic N) is 4. The largest absolute Gasteiger partial charge is 0.369 e. The molecule has 0 aliphatic carbocycles. The Morgan fingerprint density at radius 2 is 2.35 bits per heavy atom. The first-order valence-corrected chi connectivity index (χ1v) is 6.91. The van der Waals surface area contributed by atoms with Crippen molar-refractivity contribution >= 4 is 12.2 Å². The van der Waals surface area contributed by atoms with E-state index in [0.717, 1.165) is 38.6 Å². The average Bonchev–Trinajstić information content (AvgIpc) is 2.71. The summed E-state index contributed by atoms with van der Waals surface area (Å²) in [6, 6.07) is 0. The summed E-state index contributed by atoms with van der Waals surface area (Å²) < 4.78 is 0. The van der Waals surface area contributed by atoms with Crippen LogP contribution in [0.2, 0.25) is 0 Å². The van der Waals surface area contributed by atoms with Gasteiger partial charge >= 0.3 is 0 Å². The van der Waals surface area contributed by atoms with Crippen LogP contribution in [0.1, 0.15) is 6.42 Å². The molecule has 0 radical (unpaired) electrons. The topological polar surface area (TPSA) is 63.5 Å². The van der Waals surface area contributed by atoms with Crippen molar-refractivity contribution in [2.45, 2.75) is 12.6 Å². The van der Waals surface area contributed by atoms with Gasteiger partial charge in [0.25, 0.3) is 0 Å². The van der Waals surface area contributed by atoms with Gasteiger partial charge in [0.05, 0.1) is 0 Å². The lowest BCUT2D eigenvalue weighted by Gasteiger charge is -2.37. The molecule has 20 heavy (non-hydrogen) atoms. The molecular weight excluding hydrogens is 254 g/mol. The minimum atomic E-state index is -0.732. The number of aliphatic hydroxyl groups excluding tert-OH is 1. The summed E-state index contributed by atoms with van der Waals surface area (Å²) in [5, 5.41) is 13.8. The third kappa shape index (κ3) is 3.08. The zero-order chi connectivity index (χ0) is 14.5. The maximum atomic E-state index is 10.4. The van der Waals surface area contributed by atoms with E-state index < -0.39 is 6.23 Å². The summed E-state index contributed by atoms with van der Waals surface area (Å²) in [5.74, 6) is 0.811. The van der Waals surface area contributed by atoms with Crippen molar-refractivity contribution in [1.29, 1.82) is 0 Å². The van der Waals surface area contributed by atoms with Crippen LogP contribution in [0.15, 0.2) is 33.9 Å². The molecule has 6 nitrogen and oxygen atoms in total. The van der Waals surface area contributed by atoms with E-state index >= 15 is 0 Å². The fourth-order valence-electron chi connectivity index (χ4n) is 2.43. The Bertz CT molecular complexity index is 446. The predicted octanol–water partition coefficient (Wildman–Crippen LogP) is 0.0422. The van der Waals surface area contributed by atoms with Crippen LogP contribution >= 0.6 is 0 Å². The maximum absolute atomic E-state index is 10.4. The summed E-state index contributed by atoms with van der Waals surface area (Å²) in [7, 11) is 3.54. The lowest BCUT2D eigenvalue weighted by atomic mass is 10.1. The van der Waals surface area contributed by atoms with Crippen LogP contribution in [0.25, 0.3) is 0 Å². The molecule has 2 aliphatic rings. The highest BCUT2D eigenvalue weighted by Gasteiger charge is 2.28. The van der Waals surface area contributed by atoms with Gasteiger partial charge in [-0.2, -0.15) is 0 Å². The van der Waals surface area contributed by atoms with Crippen molar-refractivity contribution < 1.29 is 5.11 Å². The first-order valence-electron chi connectivity index (χ1n) is 6.91. The zero-order valence-electron chi connectivity index (χ0n) is 12.2. The van der Waals surface area contributed by atoms with Crippen LogP contribution in [-0.4, -0.2) is 73.6 Å². The van der Waals surface area contributed by atoms with Crippen molar-refractivity contribution in [2.24, 2.45) is 9.98 Å². The van der Waals surface area contributed by atoms with Crippen LogP contribution in [0.4, 0.5) is 0 Å². The second-order valence-corrected chi connectivity index (χ2v) is 5.00. The highest BCUT2D eigenvalue weighted by atomic mass is 16.3. The van der Waals surface area contributed by atoms with Crippen LogP contribution in [-0.2, 0) is 0 Å². The molecule has 1 saturated heterocycles. The van der Waals surface area contributed by atoms with E-state index in [9.17, 15) is 5.11 Å². The number of hydrogen-bond donors (Lipinski definition) is 2. The SMILES string of the molecule is C=C(C=NC)C1=CN=C(N2CCCNCC2)N(C)C1O. The molecular formula is C14H23N5O. The first kappa shape index (κ1) is 14.7. The maximum Gasteiger partial charge on any atom is 0.203 e. The molecule has 0 aromatic carbocycles. The van der Waals surface area contributed by atoms with Crippen LogP contribution in [0.5, 0.6) is 0 Å². The summed E-state index contributed by atoms with van der Waals surface area (Å²) in [6.45, 7) is 7.72. The standard InChI is InChI=1S/C14H23N5O/c1-11(9-15-2)12-10-17-14(18(3)13(12)20)19-7-4-5-16-6-8-19/h9-10,13,16,20H,1,4-8H2,2-3H3. The second kappa shape index (κ2) is 6.67. The monoisotopic (exact) mass is 277 g/mol. The fraction of sp³-hybridized carbons (Fsp3) is 0.571. The minimum Gasteiger partial charge on any atom is -0.369 e. The smallest absolute Gasteiger partial charge is 0.203 e. The lowest BCUT2D eigenvalue weighted by Crippen LogP contribution is -2.50. The van der Waals surface area contributed by atoms with Gasteiger partial charge in [-0.05, 0) is 18.5 Å². The molecule has 0 aromatic rings. The van der Waals surface area contributed by atoms with E-state index in [2.05, 4.69) is 26.8 Å². The molecule has 0 bridgehead atoms. The van der Waals surface area contributed by atoms with Crippen LogP contribution < -0.4 is 5.32 Å². The van der Waals surface area contributed by atoms with Crippen molar-refractivity contribution in [3.05, 3.63) is 23.9 Å². The molecule has 2 rings (SSSR count). The third-order valence-corrected chi connectivity index (χ3v) is 3.56. The van der Waals surface area contributed by atoms with E-state index in [-0.39, 0.29) is 0 Å². The van der Waals surface area contributed by atoms with Gasteiger partial charge in [-0.25, -0.2) is 4.99 Å². The Morgan fingerprint density at radius 3 is 3.10 bits per heavy atom. The van der Waals surface area contributed by atoms with E-state index in [4.69, 9.17) is 0 Å². The Labute approximate surface area is 120 Å². The number of nitrogens with one attached hydrogen (secondary N) is 1. The van der Waals surface area contributed by atoms with Crippen molar-refractivity contribution in [2.75, 3.05) is 40.3 Å². The minimum absolute atomic E-state index is 0.687. The second-order valence-electron chi connectivity index (χ2n) is 5.00. The number of guanidine groups is 1. The van der Waals surface area contributed by atoms with Gasteiger partial charge < -0.3 is 20.2 Å². The Hall–Kier alpha value is -1.66. The normalized spacial score (nSPS) is 24.4. The number of aliphatic hydroxyl groups is 1. The summed E-state index contributed by atoms with van der Waals surface area (Å²) in [6.07, 6.45) is 3.68. The molecule has 1 fully saturated rings. The van der Waals surface area contributed by atoms with Gasteiger partial charge in [0.2, 0.25) is 5.96 Å². The van der Waals surface area contributed by atoms with E-state index in [0.29, 0.717) is 11.1 Å². The molecule has 0 spiro atoms. The zero-order valence-corrected chi connectivity index (χ0v) is 12.2. The summed E-state index contributed by atoms with van der Waals surface area (Å²) >= 11 is 0. The molecule has 2 N–H and O–H groups in total. The van der Waals surface area contributed by atoms with Crippen molar-refractivity contribution in [3.8, 4) is 0 Å². The highest BCUT2D eigenvalue weighted by Crippen LogP contribution is 2.20. The van der Waals surface area contributed by atoms with Gasteiger partial charge in [0, 0.05) is 51.7 Å². The van der Waals surface area contributed by atoms with Crippen LogP contribution in [0, 0.1) is 0 Å². The van der Waals surface area contributed by atoms with E-state index in [1.165, 1.54) is 0 Å². The van der Waals surface area contributed by atoms with Crippen LogP contribution in [0.3, 0.4) is 0 Å². The van der Waals surface area contributed by atoms with Gasteiger partial charge in [-0.3, -0.25) is 4.99 Å². The predicted molar refractivity (Wildman–Crippen MR) is 81.9 cm³/mol. The van der Waals surface area contributed by atoms with Gasteiger partial charge in [0.1, 0.15) is 0 Å². The Morgan fingerprint density at radius 1 is 1.55 bits per heavy atom. The van der Waals surface area contributed by atoms with E-state index in [1.807, 2.05) is 7.05 Å². The molecule has 0 saturated carbocycles. The van der Waals surface area contributed by atoms with Gasteiger partial charge in [-0.1, -0.05) is 6.58 Å². The third-order valence-electron chi connectivity index (χ3n) is 3.56. The molecule has 0 amide bonds. The highest BCUT2D eigenvalue weighted by molar-refractivity contribution is 5.87. The number of aliphatic imine (C=N–C) groups is 2. The first-order chi connectivity index (χ1) is 9.65. The molecule has 1 unspecified atom stereocenters. The molecule has 0 aromatic heterocycles. The summed E-state index contributed by atoms with van der Waals surface area (Å²) in [4.78, 5) is 12.4. The lowest BCUT2D eigenvalue weighted by molar-refractivity contribution is 0.0918. The fourth-order valence-corrected chi connectivity index (χ4v) is 2.43. The molecule has 1 atom stereocenters. The van der Waals surface area contributed by atoms with Crippen molar-refractivity contribution in [3.63, 3.8) is 0 Å². The number of rotatable bonds is 2. The van der Waals surface area contributed by atoms with E-state index in [1.54, 1.807) is 24.4 Å². The molecule has 6 heteroatoms. The molecule has 110 valence electrons. The van der Waals surface area contributed by atoms with Crippen molar-refractivity contribution in [1.82, 2.24) is 15.1 Å². The Kier molecular flexibility index (Phi) is 4.92. The quantitative estimate of drug-likeness (QED) is 0.700. The summed E-state index contributed by atoms with van der Waals surface area (Å²) in [5.41, 5.74) is 1.38. The molecule has 2 heterocycles. The average molecular weight is 277 g/mol. The molecule has 2 aliphatic heterocycles. The number of likely N-dealkylation sites (N-methyl/N-ethyl adjacent to an activating group) is 1.